The van der Waals surface area contributed by atoms with Crippen molar-refractivity contribution in [1.29, 1.82) is 0 Å². The molecule has 1 rings (SSSR count). The Kier molecular flexibility index (Phi) is 5.40. The Hall–Kier alpha value is -0.610. The molecule has 1 fully saturated rings. The molecule has 1 aliphatic heterocycles. The molecule has 4 heteroatoms. The molecular weight excluding hydrogens is 216 g/mol. The molecule has 4 nitrogen and oxygen atoms in total. The monoisotopic (exact) mass is 242 g/mol. The zero-order valence-electron chi connectivity index (χ0n) is 11.8. The van der Waals surface area contributed by atoms with Gasteiger partial charge in [0.15, 0.2) is 0 Å². The van der Waals surface area contributed by atoms with Crippen molar-refractivity contribution in [3.8, 4) is 0 Å². The summed E-state index contributed by atoms with van der Waals surface area (Å²) in [6.45, 7) is 4.28. The summed E-state index contributed by atoms with van der Waals surface area (Å²) in [7, 11) is 7.76. The molecule has 0 amide bonds. The molecule has 0 aromatic heterocycles. The van der Waals surface area contributed by atoms with Gasteiger partial charge in [-0.3, -0.25) is 4.79 Å². The first-order chi connectivity index (χ1) is 8.01. The molecule has 1 saturated heterocycles. The van der Waals surface area contributed by atoms with Crippen LogP contribution in [-0.4, -0.2) is 63.2 Å². The van der Waals surface area contributed by atoms with Gasteiger partial charge in [0, 0.05) is 12.6 Å². The topological polar surface area (TPSA) is 32.8 Å². The van der Waals surface area contributed by atoms with Crippen LogP contribution >= 0.6 is 0 Å². The third-order valence-electron chi connectivity index (χ3n) is 3.86. The number of hydrogen-bond donors (Lipinski definition) is 0. The van der Waals surface area contributed by atoms with Crippen molar-refractivity contribution in [2.24, 2.45) is 11.8 Å². The van der Waals surface area contributed by atoms with Crippen LogP contribution in [0.5, 0.6) is 0 Å². The van der Waals surface area contributed by atoms with Crippen LogP contribution in [0.3, 0.4) is 0 Å². The van der Waals surface area contributed by atoms with Crippen LogP contribution in [-0.2, 0) is 9.53 Å². The van der Waals surface area contributed by atoms with Gasteiger partial charge in [-0.15, -0.1) is 0 Å². The highest BCUT2D eigenvalue weighted by molar-refractivity contribution is 5.73. The molecule has 3 atom stereocenters. The molecule has 1 heterocycles. The maximum atomic E-state index is 11.9. The quantitative estimate of drug-likeness (QED) is 0.675. The Morgan fingerprint density at radius 2 is 2.18 bits per heavy atom. The van der Waals surface area contributed by atoms with Gasteiger partial charge < -0.3 is 14.5 Å². The van der Waals surface area contributed by atoms with Gasteiger partial charge in [-0.05, 0) is 46.4 Å². The second-order valence-electron chi connectivity index (χ2n) is 5.30. The van der Waals surface area contributed by atoms with Crippen LogP contribution in [0, 0.1) is 11.8 Å². The predicted molar refractivity (Wildman–Crippen MR) is 68.9 cm³/mol. The second-order valence-corrected chi connectivity index (χ2v) is 5.30. The highest BCUT2D eigenvalue weighted by Crippen LogP contribution is 2.28. The van der Waals surface area contributed by atoms with E-state index in [0.29, 0.717) is 5.92 Å². The number of carbonyl (C=O) groups is 1. The lowest BCUT2D eigenvalue weighted by Crippen LogP contribution is -2.45. The highest BCUT2D eigenvalue weighted by atomic mass is 16.5. The maximum Gasteiger partial charge on any atom is 0.310 e. The normalized spacial score (nSPS) is 24.9. The molecule has 0 spiro atoms. The molecular formula is C13H26N2O2. The highest BCUT2D eigenvalue weighted by Gasteiger charge is 2.37. The first-order valence-corrected chi connectivity index (χ1v) is 6.44. The zero-order valence-corrected chi connectivity index (χ0v) is 11.8. The van der Waals surface area contributed by atoms with E-state index in [-0.39, 0.29) is 17.9 Å². The molecule has 0 radical (unpaired) electrons. The number of rotatable bonds is 5. The first-order valence-electron chi connectivity index (χ1n) is 6.44. The fraction of sp³-hybridized carbons (Fsp3) is 0.923. The standard InChI is InChI=1S/C13H26N2O2/c1-6-11(13(16)17-5)12(14(2)3)10-7-8-15(4)9-10/h10-12H,6-9H2,1-5H3. The summed E-state index contributed by atoms with van der Waals surface area (Å²) in [5, 5.41) is 0. The van der Waals surface area contributed by atoms with Crippen molar-refractivity contribution in [3.63, 3.8) is 0 Å². The Balaban J connectivity index is 2.79. The van der Waals surface area contributed by atoms with Crippen LogP contribution in [0.25, 0.3) is 0 Å². The van der Waals surface area contributed by atoms with Gasteiger partial charge in [-0.1, -0.05) is 6.92 Å². The van der Waals surface area contributed by atoms with Crippen LogP contribution < -0.4 is 0 Å². The van der Waals surface area contributed by atoms with E-state index in [1.165, 1.54) is 13.5 Å². The van der Waals surface area contributed by atoms with E-state index in [1.807, 2.05) is 0 Å². The van der Waals surface area contributed by atoms with Gasteiger partial charge >= 0.3 is 5.97 Å². The fourth-order valence-electron chi connectivity index (χ4n) is 3.06. The number of hydrogen-bond acceptors (Lipinski definition) is 4. The Morgan fingerprint density at radius 1 is 1.53 bits per heavy atom. The van der Waals surface area contributed by atoms with Crippen molar-refractivity contribution < 1.29 is 9.53 Å². The van der Waals surface area contributed by atoms with Gasteiger partial charge in [0.05, 0.1) is 13.0 Å². The second kappa shape index (κ2) is 6.36. The summed E-state index contributed by atoms with van der Waals surface area (Å²) in [5.74, 6) is 0.492. The molecule has 0 aromatic rings. The van der Waals surface area contributed by atoms with E-state index >= 15 is 0 Å². The number of ether oxygens (including phenoxy) is 1. The molecule has 17 heavy (non-hydrogen) atoms. The Labute approximate surface area is 105 Å². The lowest BCUT2D eigenvalue weighted by Gasteiger charge is -2.34. The minimum absolute atomic E-state index is 0.00787. The van der Waals surface area contributed by atoms with Crippen molar-refractivity contribution >= 4 is 5.97 Å². The average molecular weight is 242 g/mol. The van der Waals surface area contributed by atoms with Gasteiger partial charge in [-0.25, -0.2) is 0 Å². The third kappa shape index (κ3) is 3.42. The van der Waals surface area contributed by atoms with Gasteiger partial charge in [-0.2, -0.15) is 0 Å². The lowest BCUT2D eigenvalue weighted by atomic mass is 9.85. The minimum Gasteiger partial charge on any atom is -0.469 e. The predicted octanol–water partition coefficient (Wildman–Crippen LogP) is 1.07. The molecule has 0 aromatic carbocycles. The molecule has 100 valence electrons. The van der Waals surface area contributed by atoms with Crippen LogP contribution in [0.15, 0.2) is 0 Å². The Bertz CT molecular complexity index is 256. The van der Waals surface area contributed by atoms with Gasteiger partial charge in [0.1, 0.15) is 0 Å². The largest absolute Gasteiger partial charge is 0.469 e. The Morgan fingerprint density at radius 3 is 2.53 bits per heavy atom. The summed E-state index contributed by atoms with van der Waals surface area (Å²) in [4.78, 5) is 16.4. The summed E-state index contributed by atoms with van der Waals surface area (Å²) in [6, 6.07) is 0.289. The number of likely N-dealkylation sites (tertiary alicyclic amines) is 1. The maximum absolute atomic E-state index is 11.9. The lowest BCUT2D eigenvalue weighted by molar-refractivity contribution is -0.148. The number of nitrogens with zero attached hydrogens (tertiary/aromatic N) is 2. The molecule has 0 aliphatic carbocycles. The van der Waals surface area contributed by atoms with Crippen molar-refractivity contribution in [3.05, 3.63) is 0 Å². The summed E-state index contributed by atoms with van der Waals surface area (Å²) in [5.41, 5.74) is 0. The SMILES string of the molecule is CCC(C(=O)OC)C(C1CCN(C)C1)N(C)C. The van der Waals surface area contributed by atoms with Crippen LogP contribution in [0.1, 0.15) is 19.8 Å². The molecule has 3 unspecified atom stereocenters. The van der Waals surface area contributed by atoms with Crippen molar-refractivity contribution in [2.45, 2.75) is 25.8 Å². The summed E-state index contributed by atoms with van der Waals surface area (Å²) in [6.07, 6.45) is 2.02. The third-order valence-corrected chi connectivity index (χ3v) is 3.86. The average Bonchev–Trinajstić information content (AvgIpc) is 2.70. The number of methoxy groups -OCH3 is 1. The molecule has 0 saturated carbocycles. The molecule has 1 aliphatic rings. The van der Waals surface area contributed by atoms with Gasteiger partial charge in [0.2, 0.25) is 0 Å². The summed E-state index contributed by atoms with van der Waals surface area (Å²) >= 11 is 0. The van der Waals surface area contributed by atoms with E-state index < -0.39 is 0 Å². The van der Waals surface area contributed by atoms with E-state index in [0.717, 1.165) is 19.5 Å². The van der Waals surface area contributed by atoms with Gasteiger partial charge in [0.25, 0.3) is 0 Å². The van der Waals surface area contributed by atoms with E-state index in [4.69, 9.17) is 4.74 Å². The minimum atomic E-state index is -0.0687. The zero-order chi connectivity index (χ0) is 13.0. The summed E-state index contributed by atoms with van der Waals surface area (Å²) < 4.78 is 4.94. The smallest absolute Gasteiger partial charge is 0.310 e. The van der Waals surface area contributed by atoms with Crippen LogP contribution in [0.2, 0.25) is 0 Å². The van der Waals surface area contributed by atoms with Crippen LogP contribution in [0.4, 0.5) is 0 Å². The molecule has 0 bridgehead atoms. The number of esters is 1. The first kappa shape index (κ1) is 14.5. The van der Waals surface area contributed by atoms with Crippen molar-refractivity contribution in [2.75, 3.05) is 41.3 Å². The van der Waals surface area contributed by atoms with E-state index in [9.17, 15) is 4.79 Å². The van der Waals surface area contributed by atoms with E-state index in [1.54, 1.807) is 0 Å². The number of carbonyl (C=O) groups excluding carboxylic acids is 1. The fourth-order valence-corrected chi connectivity index (χ4v) is 3.06. The van der Waals surface area contributed by atoms with E-state index in [2.05, 4.69) is 37.9 Å². The molecule has 0 N–H and O–H groups in total. The van der Waals surface area contributed by atoms with Crippen molar-refractivity contribution in [1.82, 2.24) is 9.80 Å².